The Labute approximate surface area is 132 Å². The largest absolute Gasteiger partial charge is 0.364 e. The monoisotopic (exact) mass is 303 g/mol. The van der Waals surface area contributed by atoms with Crippen LogP contribution in [0.5, 0.6) is 0 Å². The number of carbonyl (C=O) groups is 1. The Morgan fingerprint density at radius 1 is 1.23 bits per heavy atom. The van der Waals surface area contributed by atoms with Gasteiger partial charge < -0.3 is 15.0 Å². The molecule has 2 aliphatic rings. The molecule has 0 radical (unpaired) electrons. The fourth-order valence-corrected chi connectivity index (χ4v) is 3.76. The molecule has 1 aromatic rings. The Bertz CT molecular complexity index is 534. The SMILES string of the molecule is C[C@@H]1C[NH+](CCC(=O)Nc2ccc3c(c2)CCC3)C[C@H](C)O1. The van der Waals surface area contributed by atoms with E-state index in [2.05, 4.69) is 31.3 Å². The molecule has 3 atom stereocenters. The molecule has 0 bridgehead atoms. The van der Waals surface area contributed by atoms with Gasteiger partial charge in [0.15, 0.2) is 0 Å². The number of quaternary nitrogens is 1. The fraction of sp³-hybridized carbons (Fsp3) is 0.611. The van der Waals surface area contributed by atoms with E-state index in [0.717, 1.165) is 31.7 Å². The summed E-state index contributed by atoms with van der Waals surface area (Å²) in [5.74, 6) is 0.122. The Kier molecular flexibility index (Phi) is 4.79. The smallest absolute Gasteiger partial charge is 0.230 e. The molecule has 3 rings (SSSR count). The molecular weight excluding hydrogens is 276 g/mol. The molecular formula is C18H27N2O2+. The summed E-state index contributed by atoms with van der Waals surface area (Å²) in [5, 5.41) is 3.05. The van der Waals surface area contributed by atoms with E-state index in [9.17, 15) is 4.79 Å². The van der Waals surface area contributed by atoms with Gasteiger partial charge in [-0.1, -0.05) is 6.07 Å². The lowest BCUT2D eigenvalue weighted by Crippen LogP contribution is -3.15. The number of fused-ring (bicyclic) bond motifs is 1. The summed E-state index contributed by atoms with van der Waals surface area (Å²) in [6.45, 7) is 7.10. The molecule has 120 valence electrons. The van der Waals surface area contributed by atoms with Crippen molar-refractivity contribution >= 4 is 11.6 Å². The molecule has 4 heteroatoms. The molecule has 1 unspecified atom stereocenters. The molecule has 0 spiro atoms. The van der Waals surface area contributed by atoms with Gasteiger partial charge in [0.1, 0.15) is 25.3 Å². The predicted octanol–water partition coefficient (Wildman–Crippen LogP) is 1.20. The number of nitrogens with one attached hydrogen (secondary N) is 2. The molecule has 1 heterocycles. The third-order valence-corrected chi connectivity index (χ3v) is 4.70. The summed E-state index contributed by atoms with van der Waals surface area (Å²) in [5.41, 5.74) is 3.79. The summed E-state index contributed by atoms with van der Waals surface area (Å²) in [6, 6.07) is 6.34. The quantitative estimate of drug-likeness (QED) is 0.878. The maximum Gasteiger partial charge on any atom is 0.230 e. The molecule has 1 saturated heterocycles. The van der Waals surface area contributed by atoms with Crippen molar-refractivity contribution in [1.29, 1.82) is 0 Å². The maximum atomic E-state index is 12.2. The molecule has 1 fully saturated rings. The molecule has 1 aliphatic heterocycles. The van der Waals surface area contributed by atoms with Crippen molar-refractivity contribution in [2.75, 3.05) is 25.0 Å². The topological polar surface area (TPSA) is 42.8 Å². The number of rotatable bonds is 4. The summed E-state index contributed by atoms with van der Waals surface area (Å²) >= 11 is 0. The van der Waals surface area contributed by atoms with Gasteiger partial charge in [0, 0.05) is 5.69 Å². The lowest BCUT2D eigenvalue weighted by atomic mass is 10.1. The van der Waals surface area contributed by atoms with Crippen LogP contribution in [-0.4, -0.2) is 37.7 Å². The normalized spacial score (nSPS) is 27.5. The first-order chi connectivity index (χ1) is 10.6. The number of hydrogen-bond acceptors (Lipinski definition) is 2. The van der Waals surface area contributed by atoms with Crippen LogP contribution < -0.4 is 10.2 Å². The molecule has 2 N–H and O–H groups in total. The molecule has 4 nitrogen and oxygen atoms in total. The first-order valence-corrected chi connectivity index (χ1v) is 8.51. The number of anilines is 1. The van der Waals surface area contributed by atoms with Crippen molar-refractivity contribution in [3.8, 4) is 0 Å². The van der Waals surface area contributed by atoms with E-state index in [1.165, 1.54) is 28.9 Å². The van der Waals surface area contributed by atoms with Gasteiger partial charge in [-0.05, 0) is 56.4 Å². The van der Waals surface area contributed by atoms with E-state index in [-0.39, 0.29) is 5.91 Å². The number of benzene rings is 1. The van der Waals surface area contributed by atoms with Crippen LogP contribution in [0.15, 0.2) is 18.2 Å². The molecule has 1 aliphatic carbocycles. The van der Waals surface area contributed by atoms with E-state index in [1.807, 2.05) is 6.07 Å². The number of hydrogen-bond donors (Lipinski definition) is 2. The van der Waals surface area contributed by atoms with Crippen molar-refractivity contribution in [2.45, 2.75) is 51.7 Å². The maximum absolute atomic E-state index is 12.2. The van der Waals surface area contributed by atoms with Crippen molar-refractivity contribution in [3.05, 3.63) is 29.3 Å². The van der Waals surface area contributed by atoms with Crippen LogP contribution in [0.1, 0.15) is 37.8 Å². The Morgan fingerprint density at radius 3 is 2.73 bits per heavy atom. The highest BCUT2D eigenvalue weighted by molar-refractivity contribution is 5.90. The van der Waals surface area contributed by atoms with E-state index in [0.29, 0.717) is 18.6 Å². The minimum absolute atomic E-state index is 0.122. The van der Waals surface area contributed by atoms with Gasteiger partial charge in [-0.25, -0.2) is 0 Å². The number of amides is 1. The third-order valence-electron chi connectivity index (χ3n) is 4.70. The first-order valence-electron chi connectivity index (χ1n) is 8.51. The van der Waals surface area contributed by atoms with Gasteiger partial charge in [0.25, 0.3) is 0 Å². The van der Waals surface area contributed by atoms with Crippen LogP contribution in [-0.2, 0) is 22.4 Å². The van der Waals surface area contributed by atoms with Crippen LogP contribution in [0, 0.1) is 0 Å². The van der Waals surface area contributed by atoms with Crippen LogP contribution >= 0.6 is 0 Å². The average molecular weight is 303 g/mol. The molecule has 1 aromatic carbocycles. The highest BCUT2D eigenvalue weighted by Gasteiger charge is 2.25. The van der Waals surface area contributed by atoms with Gasteiger partial charge in [-0.15, -0.1) is 0 Å². The second-order valence-corrected chi connectivity index (χ2v) is 6.80. The number of carbonyl (C=O) groups excluding carboxylic acids is 1. The molecule has 1 amide bonds. The van der Waals surface area contributed by atoms with Gasteiger partial charge >= 0.3 is 0 Å². The molecule has 22 heavy (non-hydrogen) atoms. The van der Waals surface area contributed by atoms with E-state index >= 15 is 0 Å². The van der Waals surface area contributed by atoms with Crippen molar-refractivity contribution < 1.29 is 14.4 Å². The summed E-state index contributed by atoms with van der Waals surface area (Å²) < 4.78 is 5.74. The minimum atomic E-state index is 0.122. The molecule has 0 aromatic heterocycles. The van der Waals surface area contributed by atoms with E-state index in [1.54, 1.807) is 0 Å². The van der Waals surface area contributed by atoms with Crippen molar-refractivity contribution in [2.24, 2.45) is 0 Å². The summed E-state index contributed by atoms with van der Waals surface area (Å²) in [6.07, 6.45) is 4.72. The van der Waals surface area contributed by atoms with Crippen LogP contribution in [0.4, 0.5) is 5.69 Å². The molecule has 0 saturated carbocycles. The number of morpholine rings is 1. The highest BCUT2D eigenvalue weighted by atomic mass is 16.5. The average Bonchev–Trinajstić information content (AvgIpc) is 2.92. The predicted molar refractivity (Wildman–Crippen MR) is 87.3 cm³/mol. The van der Waals surface area contributed by atoms with Gasteiger partial charge in [-0.2, -0.15) is 0 Å². The number of ether oxygens (including phenoxy) is 1. The zero-order valence-corrected chi connectivity index (χ0v) is 13.7. The fourth-order valence-electron chi connectivity index (χ4n) is 3.76. The Hall–Kier alpha value is -1.39. The minimum Gasteiger partial charge on any atom is -0.364 e. The second-order valence-electron chi connectivity index (χ2n) is 6.80. The van der Waals surface area contributed by atoms with Crippen molar-refractivity contribution in [1.82, 2.24) is 0 Å². The Balaban J connectivity index is 1.48. The Morgan fingerprint density at radius 2 is 1.95 bits per heavy atom. The lowest BCUT2D eigenvalue weighted by molar-refractivity contribution is -0.914. The standard InChI is InChI=1S/C18H26N2O2/c1-13-11-20(12-14(2)22-13)9-8-18(21)19-17-7-6-15-4-3-5-16(15)10-17/h6-7,10,13-14H,3-5,8-9,11-12H2,1-2H3,(H,19,21)/p+1/t13-,14+. The van der Waals surface area contributed by atoms with E-state index < -0.39 is 0 Å². The van der Waals surface area contributed by atoms with Gasteiger partial charge in [0.2, 0.25) is 5.91 Å². The second kappa shape index (κ2) is 6.80. The zero-order valence-electron chi connectivity index (χ0n) is 13.7. The van der Waals surface area contributed by atoms with Gasteiger partial charge in [-0.3, -0.25) is 4.79 Å². The summed E-state index contributed by atoms with van der Waals surface area (Å²) in [4.78, 5) is 13.6. The first kappa shape index (κ1) is 15.5. The van der Waals surface area contributed by atoms with Crippen LogP contribution in [0.3, 0.4) is 0 Å². The highest BCUT2D eigenvalue weighted by Crippen LogP contribution is 2.24. The van der Waals surface area contributed by atoms with Gasteiger partial charge in [0.05, 0.1) is 13.0 Å². The zero-order chi connectivity index (χ0) is 15.5. The van der Waals surface area contributed by atoms with Crippen LogP contribution in [0.25, 0.3) is 0 Å². The lowest BCUT2D eigenvalue weighted by Gasteiger charge is -2.32. The summed E-state index contributed by atoms with van der Waals surface area (Å²) in [7, 11) is 0. The van der Waals surface area contributed by atoms with Crippen LogP contribution in [0.2, 0.25) is 0 Å². The number of aryl methyl sites for hydroxylation is 2. The third kappa shape index (κ3) is 3.87. The van der Waals surface area contributed by atoms with E-state index in [4.69, 9.17) is 4.74 Å². The van der Waals surface area contributed by atoms with Crippen molar-refractivity contribution in [3.63, 3.8) is 0 Å².